The molecule has 3 N–H and O–H groups in total. The zero-order chi connectivity index (χ0) is 12.8. The summed E-state index contributed by atoms with van der Waals surface area (Å²) >= 11 is 0. The zero-order valence-electron chi connectivity index (χ0n) is 10.7. The number of nitrogens with two attached hydrogens (primary N) is 1. The van der Waals surface area contributed by atoms with E-state index in [0.29, 0.717) is 12.5 Å². The third-order valence-corrected chi connectivity index (χ3v) is 3.29. The molecule has 0 unspecified atom stereocenters. The lowest BCUT2D eigenvalue weighted by atomic mass is 10.2. The molecule has 0 aromatic heterocycles. The molecule has 0 spiro atoms. The van der Waals surface area contributed by atoms with Gasteiger partial charge in [-0.25, -0.2) is 4.99 Å². The van der Waals surface area contributed by atoms with Crippen LogP contribution in [0.4, 0.5) is 0 Å². The SMILES string of the molecule is NC(=NCc1ccc(O)cc1)N1CCCCCC1. The Morgan fingerprint density at radius 3 is 2.33 bits per heavy atom. The number of rotatable bonds is 2. The third kappa shape index (κ3) is 3.65. The minimum atomic E-state index is 0.281. The van der Waals surface area contributed by atoms with Crippen molar-refractivity contribution in [2.45, 2.75) is 32.2 Å². The second-order valence-corrected chi connectivity index (χ2v) is 4.74. The third-order valence-electron chi connectivity index (χ3n) is 3.29. The molecule has 0 saturated carbocycles. The molecule has 1 heterocycles. The average molecular weight is 247 g/mol. The van der Waals surface area contributed by atoms with Gasteiger partial charge in [0, 0.05) is 13.1 Å². The Bertz CT molecular complexity index is 392. The Labute approximate surface area is 108 Å². The van der Waals surface area contributed by atoms with Crippen LogP contribution in [0.5, 0.6) is 5.75 Å². The first-order valence-corrected chi connectivity index (χ1v) is 6.58. The Morgan fingerprint density at radius 2 is 1.72 bits per heavy atom. The second-order valence-electron chi connectivity index (χ2n) is 4.74. The van der Waals surface area contributed by atoms with E-state index in [2.05, 4.69) is 9.89 Å². The number of aliphatic imine (C=N–C) groups is 1. The topological polar surface area (TPSA) is 61.9 Å². The van der Waals surface area contributed by atoms with Crippen molar-refractivity contribution in [3.63, 3.8) is 0 Å². The fraction of sp³-hybridized carbons (Fsp3) is 0.500. The summed E-state index contributed by atoms with van der Waals surface area (Å²) in [6.07, 6.45) is 4.99. The largest absolute Gasteiger partial charge is 0.508 e. The van der Waals surface area contributed by atoms with Crippen LogP contribution in [-0.4, -0.2) is 29.1 Å². The van der Waals surface area contributed by atoms with Crippen molar-refractivity contribution in [3.05, 3.63) is 29.8 Å². The summed E-state index contributed by atoms with van der Waals surface area (Å²) in [5.74, 6) is 0.924. The quantitative estimate of drug-likeness (QED) is 0.621. The second kappa shape index (κ2) is 6.28. The predicted molar refractivity (Wildman–Crippen MR) is 73.5 cm³/mol. The normalized spacial score (nSPS) is 17.6. The summed E-state index contributed by atoms with van der Waals surface area (Å²) in [5, 5.41) is 9.20. The van der Waals surface area contributed by atoms with Crippen molar-refractivity contribution >= 4 is 5.96 Å². The lowest BCUT2D eigenvalue weighted by molar-refractivity contribution is 0.428. The molecule has 1 saturated heterocycles. The molecule has 0 atom stereocenters. The van der Waals surface area contributed by atoms with Gasteiger partial charge in [0.25, 0.3) is 0 Å². The summed E-state index contributed by atoms with van der Waals surface area (Å²) in [4.78, 5) is 6.60. The van der Waals surface area contributed by atoms with E-state index in [1.54, 1.807) is 12.1 Å². The lowest BCUT2D eigenvalue weighted by Gasteiger charge is -2.21. The molecule has 0 radical (unpaired) electrons. The van der Waals surface area contributed by atoms with Crippen molar-refractivity contribution in [1.82, 2.24) is 4.90 Å². The van der Waals surface area contributed by atoms with Gasteiger partial charge in [-0.3, -0.25) is 0 Å². The number of likely N-dealkylation sites (tertiary alicyclic amines) is 1. The van der Waals surface area contributed by atoms with Gasteiger partial charge in [-0.15, -0.1) is 0 Å². The molecule has 4 heteroatoms. The van der Waals surface area contributed by atoms with Gasteiger partial charge in [-0.05, 0) is 30.5 Å². The highest BCUT2D eigenvalue weighted by Gasteiger charge is 2.10. The highest BCUT2D eigenvalue weighted by Crippen LogP contribution is 2.12. The molecule has 1 aromatic carbocycles. The number of hydrogen-bond acceptors (Lipinski definition) is 2. The first-order valence-electron chi connectivity index (χ1n) is 6.58. The van der Waals surface area contributed by atoms with Crippen LogP contribution in [0, 0.1) is 0 Å². The number of phenolic OH excluding ortho intramolecular Hbond substituents is 1. The van der Waals surface area contributed by atoms with E-state index in [1.165, 1.54) is 25.7 Å². The van der Waals surface area contributed by atoms with Crippen LogP contribution < -0.4 is 5.73 Å². The number of phenols is 1. The molecule has 18 heavy (non-hydrogen) atoms. The van der Waals surface area contributed by atoms with Crippen LogP contribution in [0.1, 0.15) is 31.2 Å². The van der Waals surface area contributed by atoms with Crippen molar-refractivity contribution < 1.29 is 5.11 Å². The van der Waals surface area contributed by atoms with Gasteiger partial charge in [0.05, 0.1) is 6.54 Å². The molecule has 1 aromatic rings. The zero-order valence-corrected chi connectivity index (χ0v) is 10.7. The standard InChI is InChI=1S/C14H21N3O/c15-14(17-9-3-1-2-4-10-17)16-11-12-5-7-13(18)8-6-12/h5-8,18H,1-4,9-11H2,(H2,15,16). The molecule has 0 aliphatic carbocycles. The minimum Gasteiger partial charge on any atom is -0.508 e. The number of hydrogen-bond donors (Lipinski definition) is 2. The van der Waals surface area contributed by atoms with Gasteiger partial charge in [0.15, 0.2) is 5.96 Å². The Balaban J connectivity index is 1.93. The fourth-order valence-corrected chi connectivity index (χ4v) is 2.17. The summed E-state index contributed by atoms with van der Waals surface area (Å²) in [7, 11) is 0. The first kappa shape index (κ1) is 12.7. The molecule has 2 rings (SSSR count). The van der Waals surface area contributed by atoms with Crippen molar-refractivity contribution in [2.24, 2.45) is 10.7 Å². The number of aromatic hydroxyl groups is 1. The Kier molecular flexibility index (Phi) is 4.45. The van der Waals surface area contributed by atoms with Gasteiger partial charge < -0.3 is 15.7 Å². The molecule has 0 amide bonds. The van der Waals surface area contributed by atoms with Crippen LogP contribution in [0.3, 0.4) is 0 Å². The predicted octanol–water partition coefficient (Wildman–Crippen LogP) is 2.08. The lowest BCUT2D eigenvalue weighted by Crippen LogP contribution is -2.38. The van der Waals surface area contributed by atoms with Crippen LogP contribution in [0.2, 0.25) is 0 Å². The van der Waals surface area contributed by atoms with Crippen molar-refractivity contribution in [1.29, 1.82) is 0 Å². The summed E-state index contributed by atoms with van der Waals surface area (Å²) in [6.45, 7) is 2.61. The highest BCUT2D eigenvalue weighted by atomic mass is 16.3. The molecule has 1 aliphatic heterocycles. The van der Waals surface area contributed by atoms with Gasteiger partial charge in [0.1, 0.15) is 5.75 Å². The number of benzene rings is 1. The molecule has 1 aliphatic rings. The van der Waals surface area contributed by atoms with Gasteiger partial charge in [0.2, 0.25) is 0 Å². The molecular weight excluding hydrogens is 226 g/mol. The highest BCUT2D eigenvalue weighted by molar-refractivity contribution is 5.78. The first-order chi connectivity index (χ1) is 8.75. The van der Waals surface area contributed by atoms with Crippen LogP contribution >= 0.6 is 0 Å². The molecular formula is C14H21N3O. The van der Waals surface area contributed by atoms with Crippen LogP contribution in [-0.2, 0) is 6.54 Å². The van der Waals surface area contributed by atoms with E-state index in [0.717, 1.165) is 18.7 Å². The van der Waals surface area contributed by atoms with Gasteiger partial charge >= 0.3 is 0 Å². The maximum atomic E-state index is 9.20. The average Bonchev–Trinajstić information content (AvgIpc) is 2.66. The Morgan fingerprint density at radius 1 is 1.11 bits per heavy atom. The summed E-state index contributed by atoms with van der Waals surface area (Å²) < 4.78 is 0. The van der Waals surface area contributed by atoms with E-state index in [9.17, 15) is 5.11 Å². The monoisotopic (exact) mass is 247 g/mol. The molecule has 98 valence electrons. The van der Waals surface area contributed by atoms with E-state index in [-0.39, 0.29) is 5.75 Å². The van der Waals surface area contributed by atoms with Crippen molar-refractivity contribution in [3.8, 4) is 5.75 Å². The maximum Gasteiger partial charge on any atom is 0.191 e. The van der Waals surface area contributed by atoms with E-state index in [4.69, 9.17) is 5.73 Å². The van der Waals surface area contributed by atoms with Crippen LogP contribution in [0.25, 0.3) is 0 Å². The smallest absolute Gasteiger partial charge is 0.191 e. The minimum absolute atomic E-state index is 0.281. The molecule has 4 nitrogen and oxygen atoms in total. The fourth-order valence-electron chi connectivity index (χ4n) is 2.17. The van der Waals surface area contributed by atoms with Gasteiger partial charge in [-0.1, -0.05) is 25.0 Å². The van der Waals surface area contributed by atoms with E-state index >= 15 is 0 Å². The molecule has 0 bridgehead atoms. The summed E-state index contributed by atoms with van der Waals surface area (Å²) in [6, 6.07) is 7.09. The van der Waals surface area contributed by atoms with Crippen LogP contribution in [0.15, 0.2) is 29.3 Å². The van der Waals surface area contributed by atoms with E-state index in [1.807, 2.05) is 12.1 Å². The van der Waals surface area contributed by atoms with E-state index < -0.39 is 0 Å². The van der Waals surface area contributed by atoms with Gasteiger partial charge in [-0.2, -0.15) is 0 Å². The molecule has 1 fully saturated rings. The number of guanidine groups is 1. The van der Waals surface area contributed by atoms with Crippen molar-refractivity contribution in [2.75, 3.05) is 13.1 Å². The maximum absolute atomic E-state index is 9.20. The number of nitrogens with zero attached hydrogens (tertiary/aromatic N) is 2. The summed E-state index contributed by atoms with van der Waals surface area (Å²) in [5.41, 5.74) is 7.08. The Hall–Kier alpha value is -1.71.